The van der Waals surface area contributed by atoms with Gasteiger partial charge in [-0.2, -0.15) is 5.10 Å². The van der Waals surface area contributed by atoms with Crippen LogP contribution in [0.2, 0.25) is 0 Å². The molecule has 0 saturated carbocycles. The lowest BCUT2D eigenvalue weighted by Gasteiger charge is -2.18. The molecule has 0 spiro atoms. The van der Waals surface area contributed by atoms with Crippen LogP contribution in [0.4, 0.5) is 10.1 Å². The molecule has 1 aliphatic heterocycles. The van der Waals surface area contributed by atoms with Crippen LogP contribution in [0.25, 0.3) is 22.2 Å². The van der Waals surface area contributed by atoms with Crippen LogP contribution in [0.15, 0.2) is 30.6 Å². The first-order chi connectivity index (χ1) is 12.0. The van der Waals surface area contributed by atoms with E-state index in [1.54, 1.807) is 24.0 Å². The topological polar surface area (TPSA) is 100 Å². The molecule has 1 saturated heterocycles. The summed E-state index contributed by atoms with van der Waals surface area (Å²) in [5.74, 6) is -1.70. The van der Waals surface area contributed by atoms with Gasteiger partial charge in [0.1, 0.15) is 18.0 Å². The number of hydrogen-bond donors (Lipinski definition) is 2. The number of aromatic nitrogens is 3. The van der Waals surface area contributed by atoms with E-state index in [0.29, 0.717) is 11.2 Å². The number of phenolic OH excluding ortho intramolecular Hbond substituents is 1. The number of pyridine rings is 1. The molecular weight excluding hydrogens is 349 g/mol. The van der Waals surface area contributed by atoms with E-state index in [9.17, 15) is 14.1 Å². The van der Waals surface area contributed by atoms with Crippen LogP contribution < -0.4 is 9.03 Å². The van der Waals surface area contributed by atoms with Gasteiger partial charge in [-0.1, -0.05) is 0 Å². The first-order valence-electron chi connectivity index (χ1n) is 7.24. The fourth-order valence-electron chi connectivity index (χ4n) is 2.74. The number of halogens is 1. The summed E-state index contributed by atoms with van der Waals surface area (Å²) in [5, 5.41) is 14.8. The van der Waals surface area contributed by atoms with E-state index in [4.69, 9.17) is 0 Å². The highest BCUT2D eigenvalue weighted by atomic mass is 32.2. The van der Waals surface area contributed by atoms with Crippen molar-refractivity contribution < 1.29 is 18.5 Å². The van der Waals surface area contributed by atoms with Crippen LogP contribution in [0, 0.1) is 5.82 Å². The average Bonchev–Trinajstić information content (AvgIpc) is 3.10. The van der Waals surface area contributed by atoms with Crippen molar-refractivity contribution in [2.45, 2.75) is 0 Å². The van der Waals surface area contributed by atoms with E-state index in [0.717, 1.165) is 9.69 Å². The molecule has 25 heavy (non-hydrogen) atoms. The molecule has 2 N–H and O–H groups in total. The number of phenols is 1. The summed E-state index contributed by atoms with van der Waals surface area (Å²) < 4.78 is 31.7. The van der Waals surface area contributed by atoms with Crippen LogP contribution in [-0.4, -0.2) is 36.5 Å². The standard InChI is InChI=1S/C15H12FN5O3S/c1-20-15-9(6-18-20)4-8(5-17-15)10-2-3-11(22)14(13(10)16)21-7-12(23)19-25(21)24/h2-6,22H,7H2,1H3,(H,19,23). The lowest BCUT2D eigenvalue weighted by Crippen LogP contribution is -2.23. The molecule has 1 aliphatic rings. The molecular formula is C15H12FN5O3S. The minimum Gasteiger partial charge on any atom is -0.506 e. The first-order valence-corrected chi connectivity index (χ1v) is 8.35. The molecule has 1 fully saturated rings. The van der Waals surface area contributed by atoms with Crippen molar-refractivity contribution >= 4 is 33.8 Å². The summed E-state index contributed by atoms with van der Waals surface area (Å²) in [5.41, 5.74) is 1.00. The number of carbonyl (C=O) groups excluding carboxylic acids is 1. The van der Waals surface area contributed by atoms with Crippen LogP contribution >= 0.6 is 0 Å². The molecule has 2 aromatic heterocycles. The highest BCUT2D eigenvalue weighted by molar-refractivity contribution is 7.85. The predicted molar refractivity (Wildman–Crippen MR) is 89.2 cm³/mol. The molecule has 1 amide bonds. The van der Waals surface area contributed by atoms with Crippen molar-refractivity contribution in [3.05, 3.63) is 36.4 Å². The van der Waals surface area contributed by atoms with E-state index < -0.39 is 28.6 Å². The fraction of sp³-hybridized carbons (Fsp3) is 0.133. The van der Waals surface area contributed by atoms with Crippen molar-refractivity contribution in [3.8, 4) is 16.9 Å². The number of rotatable bonds is 2. The second-order valence-electron chi connectivity index (χ2n) is 5.51. The summed E-state index contributed by atoms with van der Waals surface area (Å²) >= 11 is -1.94. The Kier molecular flexibility index (Phi) is 3.42. The Hall–Kier alpha value is -3.01. The molecule has 0 bridgehead atoms. The maximum absolute atomic E-state index is 15.1. The zero-order valence-corrected chi connectivity index (χ0v) is 13.7. The largest absolute Gasteiger partial charge is 0.506 e. The third-order valence-corrected chi connectivity index (χ3v) is 5.03. The third kappa shape index (κ3) is 2.41. The van der Waals surface area contributed by atoms with Gasteiger partial charge in [0.25, 0.3) is 5.91 Å². The maximum Gasteiger partial charge on any atom is 0.253 e. The quantitative estimate of drug-likeness (QED) is 0.709. The van der Waals surface area contributed by atoms with Gasteiger partial charge in [0.2, 0.25) is 11.2 Å². The van der Waals surface area contributed by atoms with Gasteiger partial charge in [0.05, 0.1) is 6.20 Å². The highest BCUT2D eigenvalue weighted by Gasteiger charge is 2.32. The Labute approximate surface area is 143 Å². The van der Waals surface area contributed by atoms with E-state index in [1.165, 1.54) is 18.3 Å². The first kappa shape index (κ1) is 15.5. The van der Waals surface area contributed by atoms with E-state index in [-0.39, 0.29) is 17.8 Å². The van der Waals surface area contributed by atoms with Crippen molar-refractivity contribution in [1.82, 2.24) is 19.5 Å². The van der Waals surface area contributed by atoms with Crippen LogP contribution in [0.3, 0.4) is 0 Å². The number of nitrogens with one attached hydrogen (secondary N) is 1. The average molecular weight is 361 g/mol. The molecule has 0 radical (unpaired) electrons. The summed E-state index contributed by atoms with van der Waals surface area (Å²) in [4.78, 5) is 15.7. The van der Waals surface area contributed by atoms with Crippen molar-refractivity contribution in [2.75, 3.05) is 10.8 Å². The minimum absolute atomic E-state index is 0.169. The molecule has 4 rings (SSSR count). The lowest BCUT2D eigenvalue weighted by atomic mass is 10.0. The third-order valence-electron chi connectivity index (χ3n) is 3.92. The zero-order chi connectivity index (χ0) is 17.7. The molecule has 3 heterocycles. The van der Waals surface area contributed by atoms with Gasteiger partial charge in [-0.3, -0.25) is 18.5 Å². The number of anilines is 1. The predicted octanol–water partition coefficient (Wildman–Crippen LogP) is 0.995. The SMILES string of the molecule is Cn1ncc2cc(-c3ccc(O)c(N4CC(=O)NS4=O)c3F)cnc21. The second-order valence-corrected chi connectivity index (χ2v) is 6.65. The maximum atomic E-state index is 15.1. The molecule has 10 heteroatoms. The number of hydrogen-bond acceptors (Lipinski definition) is 5. The van der Waals surface area contributed by atoms with Crippen LogP contribution in [0.5, 0.6) is 5.75 Å². The van der Waals surface area contributed by atoms with Gasteiger partial charge >= 0.3 is 0 Å². The van der Waals surface area contributed by atoms with Gasteiger partial charge in [0.15, 0.2) is 11.5 Å². The minimum atomic E-state index is -1.94. The molecule has 128 valence electrons. The Bertz CT molecular complexity index is 1050. The number of benzene rings is 1. The monoisotopic (exact) mass is 361 g/mol. The number of fused-ring (bicyclic) bond motifs is 1. The van der Waals surface area contributed by atoms with E-state index in [2.05, 4.69) is 14.8 Å². The summed E-state index contributed by atoms with van der Waals surface area (Å²) in [6, 6.07) is 4.42. The number of aryl methyl sites for hydroxylation is 1. The van der Waals surface area contributed by atoms with Gasteiger partial charge in [-0.25, -0.2) is 13.6 Å². The van der Waals surface area contributed by atoms with Gasteiger partial charge < -0.3 is 5.11 Å². The number of aromatic hydroxyl groups is 1. The Balaban J connectivity index is 1.86. The normalized spacial score (nSPS) is 17.3. The molecule has 1 atom stereocenters. The molecule has 3 aromatic rings. The lowest BCUT2D eigenvalue weighted by molar-refractivity contribution is -0.117. The van der Waals surface area contributed by atoms with Crippen LogP contribution in [0.1, 0.15) is 0 Å². The van der Waals surface area contributed by atoms with E-state index >= 15 is 4.39 Å². The summed E-state index contributed by atoms with van der Waals surface area (Å²) in [6.45, 7) is -0.305. The van der Waals surface area contributed by atoms with Crippen molar-refractivity contribution in [3.63, 3.8) is 0 Å². The number of carbonyl (C=O) groups is 1. The Morgan fingerprint density at radius 2 is 2.16 bits per heavy atom. The number of amides is 1. The number of nitrogens with zero attached hydrogens (tertiary/aromatic N) is 4. The van der Waals surface area contributed by atoms with Crippen molar-refractivity contribution in [2.24, 2.45) is 7.05 Å². The molecule has 1 aromatic carbocycles. The van der Waals surface area contributed by atoms with Gasteiger partial charge in [-0.05, 0) is 18.2 Å². The fourth-order valence-corrected chi connectivity index (χ4v) is 3.68. The van der Waals surface area contributed by atoms with Gasteiger partial charge in [0, 0.05) is 29.8 Å². The van der Waals surface area contributed by atoms with Crippen molar-refractivity contribution in [1.29, 1.82) is 0 Å². The van der Waals surface area contributed by atoms with E-state index in [1.807, 2.05) is 0 Å². The Morgan fingerprint density at radius 1 is 1.36 bits per heavy atom. The van der Waals surface area contributed by atoms with Gasteiger partial charge in [-0.15, -0.1) is 0 Å². The second kappa shape index (κ2) is 5.52. The zero-order valence-electron chi connectivity index (χ0n) is 12.9. The Morgan fingerprint density at radius 3 is 2.88 bits per heavy atom. The smallest absolute Gasteiger partial charge is 0.253 e. The molecule has 0 aliphatic carbocycles. The molecule has 8 nitrogen and oxygen atoms in total. The summed E-state index contributed by atoms with van der Waals surface area (Å²) in [6.07, 6.45) is 3.11. The molecule has 1 unspecified atom stereocenters. The van der Waals surface area contributed by atoms with Crippen LogP contribution in [-0.2, 0) is 23.0 Å². The summed E-state index contributed by atoms with van der Waals surface area (Å²) in [7, 11) is 1.75. The highest BCUT2D eigenvalue weighted by Crippen LogP contribution is 2.38.